The number of hydrogen-bond donors (Lipinski definition) is 2. The van der Waals surface area contributed by atoms with Crippen LogP contribution in [-0.4, -0.2) is 17.9 Å². The predicted octanol–water partition coefficient (Wildman–Crippen LogP) is 5.72. The van der Waals surface area contributed by atoms with Gasteiger partial charge in [0, 0.05) is 0 Å². The molecule has 0 amide bonds. The molecule has 0 saturated heterocycles. The molecule has 22 heavy (non-hydrogen) atoms. The highest BCUT2D eigenvalue weighted by Gasteiger charge is 2.18. The molecule has 0 rings (SSSR count). The second-order valence-corrected chi connectivity index (χ2v) is 6.93. The number of unbranched alkanes of at least 4 members (excludes halogenated alkanes) is 13. The van der Waals surface area contributed by atoms with Crippen molar-refractivity contribution in [2.24, 2.45) is 0 Å². The zero-order valence-electron chi connectivity index (χ0n) is 15.5. The van der Waals surface area contributed by atoms with Crippen molar-refractivity contribution in [1.29, 1.82) is 0 Å². The van der Waals surface area contributed by atoms with Crippen molar-refractivity contribution in [2.75, 3.05) is 7.11 Å². The number of aliphatic hydroxyl groups is 1. The molecule has 0 aromatic heterocycles. The third kappa shape index (κ3) is 16.3. The van der Waals surface area contributed by atoms with Crippen molar-refractivity contribution in [1.82, 2.24) is 5.48 Å². The minimum Gasteiger partial charge on any atom is -0.374 e. The normalized spacial score (nSPS) is 14.2. The van der Waals surface area contributed by atoms with Gasteiger partial charge in [0.25, 0.3) is 0 Å². The maximum absolute atomic E-state index is 9.87. The molecule has 0 saturated carbocycles. The lowest BCUT2D eigenvalue weighted by molar-refractivity contribution is -0.106. The zero-order valence-corrected chi connectivity index (χ0v) is 15.5. The van der Waals surface area contributed by atoms with Crippen molar-refractivity contribution in [3.05, 3.63) is 0 Å². The Morgan fingerprint density at radius 2 is 1.09 bits per heavy atom. The van der Waals surface area contributed by atoms with Crippen LogP contribution in [0.15, 0.2) is 0 Å². The summed E-state index contributed by atoms with van der Waals surface area (Å²) in [6.45, 7) is 4.04. The van der Waals surface area contributed by atoms with Crippen molar-refractivity contribution in [3.63, 3.8) is 0 Å². The first-order valence-electron chi connectivity index (χ1n) is 9.65. The van der Waals surface area contributed by atoms with Gasteiger partial charge in [0.1, 0.15) is 5.72 Å². The second-order valence-electron chi connectivity index (χ2n) is 6.93. The summed E-state index contributed by atoms with van der Waals surface area (Å²) < 4.78 is 0. The molecule has 0 aliphatic carbocycles. The number of hydrogen-bond acceptors (Lipinski definition) is 3. The summed E-state index contributed by atoms with van der Waals surface area (Å²) in [5, 5.41) is 9.87. The number of rotatable bonds is 17. The fourth-order valence-electron chi connectivity index (χ4n) is 2.93. The molecule has 0 fully saturated rings. The van der Waals surface area contributed by atoms with Crippen LogP contribution in [0.2, 0.25) is 0 Å². The van der Waals surface area contributed by atoms with E-state index >= 15 is 0 Å². The molecule has 1 atom stereocenters. The molecule has 0 spiro atoms. The van der Waals surface area contributed by atoms with Gasteiger partial charge in [-0.1, -0.05) is 90.4 Å². The summed E-state index contributed by atoms with van der Waals surface area (Å²) >= 11 is 0. The van der Waals surface area contributed by atoms with Gasteiger partial charge in [-0.2, -0.15) is 5.48 Å². The van der Waals surface area contributed by atoms with E-state index < -0.39 is 5.72 Å². The first-order valence-corrected chi connectivity index (χ1v) is 9.65. The topological polar surface area (TPSA) is 41.5 Å². The van der Waals surface area contributed by atoms with E-state index in [-0.39, 0.29) is 0 Å². The monoisotopic (exact) mass is 315 g/mol. The van der Waals surface area contributed by atoms with Crippen LogP contribution in [0, 0.1) is 0 Å². The summed E-state index contributed by atoms with van der Waals surface area (Å²) in [4.78, 5) is 4.78. The molecule has 0 aromatic rings. The van der Waals surface area contributed by atoms with Gasteiger partial charge in [0.05, 0.1) is 7.11 Å². The van der Waals surface area contributed by atoms with Gasteiger partial charge in [0.2, 0.25) is 0 Å². The highest BCUT2D eigenvalue weighted by atomic mass is 16.7. The average Bonchev–Trinajstić information content (AvgIpc) is 2.47. The highest BCUT2D eigenvalue weighted by Crippen LogP contribution is 2.15. The Labute approximate surface area is 139 Å². The maximum atomic E-state index is 9.87. The van der Waals surface area contributed by atoms with E-state index in [2.05, 4.69) is 12.4 Å². The maximum Gasteiger partial charge on any atom is 0.135 e. The Hall–Kier alpha value is -0.120. The van der Waals surface area contributed by atoms with Gasteiger partial charge < -0.3 is 9.94 Å². The van der Waals surface area contributed by atoms with Crippen molar-refractivity contribution >= 4 is 0 Å². The van der Waals surface area contributed by atoms with E-state index in [9.17, 15) is 5.11 Å². The van der Waals surface area contributed by atoms with Crippen LogP contribution >= 0.6 is 0 Å². The van der Waals surface area contributed by atoms with E-state index in [1.54, 1.807) is 14.0 Å². The molecular formula is C19H41NO2. The molecule has 0 bridgehead atoms. The first kappa shape index (κ1) is 21.9. The van der Waals surface area contributed by atoms with E-state index in [0.717, 1.165) is 12.8 Å². The third-order valence-corrected chi connectivity index (χ3v) is 4.34. The van der Waals surface area contributed by atoms with Crippen molar-refractivity contribution in [3.8, 4) is 0 Å². The minimum atomic E-state index is -0.883. The molecule has 0 aliphatic rings. The van der Waals surface area contributed by atoms with Crippen molar-refractivity contribution < 1.29 is 9.94 Å². The standard InChI is InChI=1S/C19H41NO2/c1-4-5-6-7-8-9-10-11-12-13-14-15-16-17-18-19(2,21)20-22-3/h20-21H,4-18H2,1-3H3. The first-order chi connectivity index (χ1) is 10.6. The molecule has 3 nitrogen and oxygen atoms in total. The zero-order chi connectivity index (χ0) is 16.5. The van der Waals surface area contributed by atoms with E-state index in [1.807, 2.05) is 0 Å². The molecular weight excluding hydrogens is 274 g/mol. The summed E-state index contributed by atoms with van der Waals surface area (Å²) in [7, 11) is 1.54. The largest absolute Gasteiger partial charge is 0.374 e. The molecule has 2 N–H and O–H groups in total. The number of hydroxylamine groups is 1. The molecule has 1 unspecified atom stereocenters. The second kappa shape index (κ2) is 15.8. The molecule has 0 aliphatic heterocycles. The van der Waals surface area contributed by atoms with Crippen LogP contribution in [0.25, 0.3) is 0 Å². The van der Waals surface area contributed by atoms with Gasteiger partial charge in [-0.25, -0.2) is 0 Å². The summed E-state index contributed by atoms with van der Waals surface area (Å²) in [6, 6.07) is 0. The Balaban J connectivity index is 3.11. The number of nitrogens with one attached hydrogen (secondary N) is 1. The van der Waals surface area contributed by atoms with Crippen LogP contribution in [0.3, 0.4) is 0 Å². The Morgan fingerprint density at radius 3 is 1.45 bits per heavy atom. The summed E-state index contributed by atoms with van der Waals surface area (Å²) in [6.07, 6.45) is 19.8. The van der Waals surface area contributed by atoms with Crippen LogP contribution in [0.4, 0.5) is 0 Å². The lowest BCUT2D eigenvalue weighted by Gasteiger charge is -2.22. The fraction of sp³-hybridized carbons (Fsp3) is 1.00. The van der Waals surface area contributed by atoms with E-state index in [4.69, 9.17) is 4.84 Å². The van der Waals surface area contributed by atoms with Gasteiger partial charge in [-0.05, 0) is 19.8 Å². The van der Waals surface area contributed by atoms with Gasteiger partial charge >= 0.3 is 0 Å². The van der Waals surface area contributed by atoms with Gasteiger partial charge in [-0.15, -0.1) is 0 Å². The van der Waals surface area contributed by atoms with Crippen LogP contribution in [0.5, 0.6) is 0 Å². The van der Waals surface area contributed by atoms with E-state index in [1.165, 1.54) is 83.5 Å². The molecule has 134 valence electrons. The summed E-state index contributed by atoms with van der Waals surface area (Å²) in [5.41, 5.74) is 1.74. The lowest BCUT2D eigenvalue weighted by atomic mass is 10.0. The average molecular weight is 316 g/mol. The third-order valence-electron chi connectivity index (χ3n) is 4.34. The summed E-state index contributed by atoms with van der Waals surface area (Å²) in [5.74, 6) is 0. The molecule has 0 heterocycles. The Bertz CT molecular complexity index is 219. The van der Waals surface area contributed by atoms with Crippen molar-refractivity contribution in [2.45, 2.75) is 116 Å². The van der Waals surface area contributed by atoms with Crippen LogP contribution in [0.1, 0.15) is 110 Å². The molecule has 3 heteroatoms. The SMILES string of the molecule is CCCCCCCCCCCCCCCCC(C)(O)NOC. The Morgan fingerprint density at radius 1 is 0.727 bits per heavy atom. The van der Waals surface area contributed by atoms with Gasteiger partial charge in [-0.3, -0.25) is 0 Å². The van der Waals surface area contributed by atoms with E-state index in [0.29, 0.717) is 0 Å². The molecule has 0 aromatic carbocycles. The molecule has 0 radical (unpaired) electrons. The smallest absolute Gasteiger partial charge is 0.135 e. The van der Waals surface area contributed by atoms with Crippen LogP contribution in [-0.2, 0) is 4.84 Å². The predicted molar refractivity (Wildman–Crippen MR) is 95.7 cm³/mol. The Kier molecular flexibility index (Phi) is 15.7. The lowest BCUT2D eigenvalue weighted by Crippen LogP contribution is -2.41. The quantitative estimate of drug-likeness (QED) is 0.205. The minimum absolute atomic E-state index is 0.749. The highest BCUT2D eigenvalue weighted by molar-refractivity contribution is 4.64. The van der Waals surface area contributed by atoms with Crippen LogP contribution < -0.4 is 5.48 Å². The fourth-order valence-corrected chi connectivity index (χ4v) is 2.93. The van der Waals surface area contributed by atoms with Gasteiger partial charge in [0.15, 0.2) is 0 Å².